The predicted molar refractivity (Wildman–Crippen MR) is 120 cm³/mol. The average molecular weight is 530 g/mol. The fourth-order valence-electron chi connectivity index (χ4n) is 4.58. The van der Waals surface area contributed by atoms with Crippen molar-refractivity contribution >= 4 is 49.9 Å². The largest absolute Gasteiger partial charge is 0.488 e. The third-order valence-corrected chi connectivity index (χ3v) is 7.18. The quantitative estimate of drug-likeness (QED) is 0.313. The van der Waals surface area contributed by atoms with E-state index in [1.54, 1.807) is 6.21 Å². The molecule has 7 heteroatoms. The Hall–Kier alpha value is -2.25. The number of halogens is 2. The molecule has 0 unspecified atom stereocenters. The summed E-state index contributed by atoms with van der Waals surface area (Å²) in [5, 5.41) is 5.29. The first-order valence-corrected chi connectivity index (χ1v) is 11.4. The molecule has 2 aliphatic carbocycles. The second kappa shape index (κ2) is 7.78. The summed E-state index contributed by atoms with van der Waals surface area (Å²) < 4.78 is 7.68. The topological polar surface area (TPSA) is 59.0 Å². The van der Waals surface area contributed by atoms with Crippen molar-refractivity contribution in [2.75, 3.05) is 0 Å². The van der Waals surface area contributed by atoms with Crippen molar-refractivity contribution < 1.29 is 14.3 Å². The first-order chi connectivity index (χ1) is 14.5. The Labute approximate surface area is 191 Å². The minimum absolute atomic E-state index is 0.174. The van der Waals surface area contributed by atoms with Crippen molar-refractivity contribution in [3.8, 4) is 5.75 Å². The molecule has 1 aliphatic heterocycles. The molecule has 1 saturated heterocycles. The monoisotopic (exact) mass is 528 g/mol. The number of hydrogen-bond acceptors (Lipinski definition) is 4. The third kappa shape index (κ3) is 3.44. The fourth-order valence-corrected chi connectivity index (χ4v) is 5.36. The minimum Gasteiger partial charge on any atom is -0.488 e. The SMILES string of the molecule is O=C1[C@@H]2[C@H](C(=O)N1N=Cc1ccc(OCc3ccc(Br)cc3)c(Br)c1)[C@H]1C=C[C@H]2C1. The predicted octanol–water partition coefficient (Wildman–Crippen LogP) is 4.93. The molecule has 1 heterocycles. The zero-order chi connectivity index (χ0) is 20.8. The van der Waals surface area contributed by atoms with Crippen LogP contribution >= 0.6 is 31.9 Å². The van der Waals surface area contributed by atoms with E-state index in [1.165, 1.54) is 0 Å². The molecular formula is C23H18Br2N2O3. The van der Waals surface area contributed by atoms with E-state index in [4.69, 9.17) is 4.74 Å². The highest BCUT2D eigenvalue weighted by molar-refractivity contribution is 9.10. The number of hydrogen-bond donors (Lipinski definition) is 0. The number of imide groups is 1. The van der Waals surface area contributed by atoms with Crippen molar-refractivity contribution in [3.63, 3.8) is 0 Å². The molecule has 5 rings (SSSR count). The van der Waals surface area contributed by atoms with Crippen molar-refractivity contribution in [1.82, 2.24) is 5.01 Å². The van der Waals surface area contributed by atoms with Gasteiger partial charge < -0.3 is 4.74 Å². The Morgan fingerprint density at radius 3 is 2.30 bits per heavy atom. The summed E-state index contributed by atoms with van der Waals surface area (Å²) in [7, 11) is 0. The van der Waals surface area contributed by atoms with Crippen LogP contribution in [0.25, 0.3) is 0 Å². The summed E-state index contributed by atoms with van der Waals surface area (Å²) in [6, 6.07) is 13.5. The Morgan fingerprint density at radius 2 is 1.67 bits per heavy atom. The van der Waals surface area contributed by atoms with Gasteiger partial charge in [-0.1, -0.05) is 40.2 Å². The van der Waals surface area contributed by atoms with Gasteiger partial charge >= 0.3 is 0 Å². The van der Waals surface area contributed by atoms with Crippen LogP contribution in [0.4, 0.5) is 0 Å². The number of benzene rings is 2. The Bertz CT molecular complexity index is 1050. The summed E-state index contributed by atoms with van der Waals surface area (Å²) in [5.74, 6) is 0.274. The number of rotatable bonds is 5. The second-order valence-corrected chi connectivity index (χ2v) is 9.61. The Balaban J connectivity index is 1.26. The van der Waals surface area contributed by atoms with Crippen LogP contribution in [-0.2, 0) is 16.2 Å². The summed E-state index contributed by atoms with van der Waals surface area (Å²) in [4.78, 5) is 25.4. The number of fused-ring (bicyclic) bond motifs is 5. The van der Waals surface area contributed by atoms with Gasteiger partial charge in [0.2, 0.25) is 0 Å². The Morgan fingerprint density at radius 1 is 1.00 bits per heavy atom. The zero-order valence-corrected chi connectivity index (χ0v) is 19.0. The van der Waals surface area contributed by atoms with Crippen LogP contribution in [-0.4, -0.2) is 23.0 Å². The molecule has 4 atom stereocenters. The fraction of sp³-hybridized carbons (Fsp3) is 0.261. The van der Waals surface area contributed by atoms with Crippen LogP contribution in [0, 0.1) is 23.7 Å². The van der Waals surface area contributed by atoms with Crippen molar-refractivity contribution in [2.45, 2.75) is 13.0 Å². The summed E-state index contributed by atoms with van der Waals surface area (Å²) >= 11 is 6.94. The first-order valence-electron chi connectivity index (χ1n) is 9.78. The lowest BCUT2D eigenvalue weighted by Gasteiger charge is -2.13. The van der Waals surface area contributed by atoms with Crippen LogP contribution in [0.1, 0.15) is 17.5 Å². The van der Waals surface area contributed by atoms with E-state index in [2.05, 4.69) is 49.1 Å². The van der Waals surface area contributed by atoms with Gasteiger partial charge in [0.15, 0.2) is 0 Å². The van der Waals surface area contributed by atoms with E-state index in [9.17, 15) is 9.59 Å². The molecule has 2 amide bonds. The second-order valence-electron chi connectivity index (χ2n) is 7.84. The Kier molecular flexibility index (Phi) is 5.11. The van der Waals surface area contributed by atoms with E-state index in [0.717, 1.165) is 31.5 Å². The van der Waals surface area contributed by atoms with E-state index < -0.39 is 0 Å². The molecule has 2 aromatic rings. The van der Waals surface area contributed by atoms with E-state index in [0.29, 0.717) is 12.4 Å². The molecule has 2 aromatic carbocycles. The van der Waals surface area contributed by atoms with E-state index in [-0.39, 0.29) is 35.5 Å². The number of ether oxygens (including phenoxy) is 1. The maximum Gasteiger partial charge on any atom is 0.254 e. The smallest absolute Gasteiger partial charge is 0.254 e. The summed E-state index contributed by atoms with van der Waals surface area (Å²) in [6.45, 7) is 0.454. The minimum atomic E-state index is -0.231. The maximum atomic E-state index is 12.7. The number of allylic oxidation sites excluding steroid dienone is 2. The van der Waals surface area contributed by atoms with Gasteiger partial charge in [0.1, 0.15) is 12.4 Å². The highest BCUT2D eigenvalue weighted by atomic mass is 79.9. The van der Waals surface area contributed by atoms with Crippen LogP contribution in [0.3, 0.4) is 0 Å². The molecule has 3 aliphatic rings. The standard InChI is InChI=1S/C23H18Br2N2O3/c24-17-6-1-13(2-7-17)12-30-19-8-3-14(9-18(19)25)11-26-27-22(28)20-15-4-5-16(10-15)21(20)23(27)29/h1-9,11,15-16,20-21H,10,12H2/t15-,16-,20-,21+/m0/s1. The van der Waals surface area contributed by atoms with Gasteiger partial charge in [-0.05, 0) is 75.6 Å². The van der Waals surface area contributed by atoms with Crippen molar-refractivity contribution in [1.29, 1.82) is 0 Å². The number of amides is 2. The molecule has 0 spiro atoms. The molecule has 5 nitrogen and oxygen atoms in total. The van der Waals surface area contributed by atoms with Gasteiger partial charge in [0.05, 0.1) is 22.5 Å². The highest BCUT2D eigenvalue weighted by Gasteiger charge is 2.59. The lowest BCUT2D eigenvalue weighted by Crippen LogP contribution is -2.28. The normalized spacial score (nSPS) is 26.8. The molecule has 1 saturated carbocycles. The highest BCUT2D eigenvalue weighted by Crippen LogP contribution is 2.52. The number of carbonyl (C=O) groups is 2. The average Bonchev–Trinajstić information content (AvgIpc) is 3.41. The van der Waals surface area contributed by atoms with Crippen LogP contribution in [0.5, 0.6) is 5.75 Å². The zero-order valence-electron chi connectivity index (χ0n) is 15.9. The lowest BCUT2D eigenvalue weighted by molar-refractivity contribution is -0.140. The molecular weight excluding hydrogens is 512 g/mol. The number of carbonyl (C=O) groups excluding carboxylic acids is 2. The maximum absolute atomic E-state index is 12.7. The summed E-state index contributed by atoms with van der Waals surface area (Å²) in [6.07, 6.45) is 6.62. The lowest BCUT2D eigenvalue weighted by atomic mass is 9.85. The first kappa shape index (κ1) is 19.7. The molecule has 152 valence electrons. The molecule has 0 radical (unpaired) electrons. The molecule has 0 aromatic heterocycles. The van der Waals surface area contributed by atoms with Crippen LogP contribution in [0.15, 0.2) is 68.7 Å². The molecule has 2 bridgehead atoms. The van der Waals surface area contributed by atoms with E-state index >= 15 is 0 Å². The van der Waals surface area contributed by atoms with Crippen LogP contribution in [0.2, 0.25) is 0 Å². The molecule has 0 N–H and O–H groups in total. The summed E-state index contributed by atoms with van der Waals surface area (Å²) in [5.41, 5.74) is 1.84. The molecule has 2 fully saturated rings. The number of hydrazone groups is 1. The van der Waals surface area contributed by atoms with Gasteiger partial charge in [-0.3, -0.25) is 9.59 Å². The van der Waals surface area contributed by atoms with Gasteiger partial charge in [-0.25, -0.2) is 0 Å². The van der Waals surface area contributed by atoms with Crippen LogP contribution < -0.4 is 4.74 Å². The third-order valence-electron chi connectivity index (χ3n) is 6.03. The van der Waals surface area contributed by atoms with E-state index in [1.807, 2.05) is 42.5 Å². The van der Waals surface area contributed by atoms with Gasteiger partial charge in [-0.15, -0.1) is 0 Å². The van der Waals surface area contributed by atoms with Crippen molar-refractivity contribution in [2.24, 2.45) is 28.8 Å². The van der Waals surface area contributed by atoms with Gasteiger partial charge in [-0.2, -0.15) is 10.1 Å². The van der Waals surface area contributed by atoms with Crippen molar-refractivity contribution in [3.05, 3.63) is 74.7 Å². The van der Waals surface area contributed by atoms with Gasteiger partial charge in [0.25, 0.3) is 11.8 Å². The molecule has 30 heavy (non-hydrogen) atoms. The number of nitrogens with zero attached hydrogens (tertiary/aromatic N) is 2. The van der Waals surface area contributed by atoms with Gasteiger partial charge in [0, 0.05) is 4.47 Å².